The highest BCUT2D eigenvalue weighted by molar-refractivity contribution is 6.00. The summed E-state index contributed by atoms with van der Waals surface area (Å²) in [6.45, 7) is 23.2. The summed E-state index contributed by atoms with van der Waals surface area (Å²) in [6.07, 6.45) is 76.1. The first kappa shape index (κ1) is 104. The van der Waals surface area contributed by atoms with Crippen molar-refractivity contribution in [3.05, 3.63) is 120 Å². The van der Waals surface area contributed by atoms with Gasteiger partial charge in [-0.2, -0.15) is 0 Å². The summed E-state index contributed by atoms with van der Waals surface area (Å²) >= 11 is 0. The molecule has 706 valence electrons. The zero-order valence-electron chi connectivity index (χ0n) is 82.0. The van der Waals surface area contributed by atoms with Gasteiger partial charge in [-0.3, -0.25) is 0 Å². The molecule has 12 heteroatoms. The summed E-state index contributed by atoms with van der Waals surface area (Å²) in [4.78, 5) is 20.3. The first-order valence-electron chi connectivity index (χ1n) is 53.1. The van der Waals surface area contributed by atoms with Crippen LogP contribution in [0.5, 0.6) is 46.0 Å². The number of hydrogen-bond donors (Lipinski definition) is 2. The minimum absolute atomic E-state index is 0.615. The molecule has 4 aromatic carbocycles. The summed E-state index contributed by atoms with van der Waals surface area (Å²) in [5, 5.41) is 0. The van der Waals surface area contributed by atoms with E-state index >= 15 is 0 Å². The largest absolute Gasteiger partial charge is 0.493 e. The quantitative estimate of drug-likeness (QED) is 0.0355. The van der Waals surface area contributed by atoms with Crippen LogP contribution in [0.15, 0.2) is 97.1 Å². The monoisotopic (exact) mass is 1750 g/mol. The van der Waals surface area contributed by atoms with Crippen LogP contribution in [0.3, 0.4) is 0 Å². The van der Waals surface area contributed by atoms with Crippen LogP contribution in [-0.2, 0) is 0 Å². The number of H-pyrrole nitrogens is 2. The standard InChI is InChI=1S/C116H174N4O8/c1-9-17-25-33-41-49-57-73-121-97-81-93(82-98(89-97)122-74-58-50-42-34-26-18-10-2)113-105-65-67-107(117-105)114(94-83-99(123-75-59-51-43-35-27-19-11-3)90-100(84-94)124-76-60-52-44-36-28-20-12-4)109-69-71-111(119-109)116(96-87-103(127-79-63-55-47-39-31-23-15-7)92-104(88-96)128-80-64-56-48-40-32-24-16-8)112-72-70-110(120-112)115(108-68-66-106(113)118-108)95-85-101(125-77-61-53-45-37-29-21-13-5)91-102(86-95)126-78-62-54-46-38-30-22-14-6/h65-72,81-92,117,120H,9-64,73-80H2,1-8H3. The van der Waals surface area contributed by atoms with Crippen molar-refractivity contribution in [3.8, 4) is 90.5 Å². The van der Waals surface area contributed by atoms with Gasteiger partial charge < -0.3 is 47.9 Å². The Balaban J connectivity index is 1.33. The van der Waals surface area contributed by atoms with Gasteiger partial charge in [0.2, 0.25) is 0 Å². The number of benzene rings is 4. The fourth-order valence-electron chi connectivity index (χ4n) is 17.9. The van der Waals surface area contributed by atoms with Gasteiger partial charge >= 0.3 is 0 Å². The number of aromatic nitrogens is 4. The Bertz CT molecular complexity index is 3700. The lowest BCUT2D eigenvalue weighted by molar-refractivity contribution is 0.289. The zero-order chi connectivity index (χ0) is 89.7. The molecule has 0 fully saturated rings. The van der Waals surface area contributed by atoms with E-state index in [1.165, 1.54) is 257 Å². The molecule has 0 saturated heterocycles. The molecule has 0 aliphatic carbocycles. The highest BCUT2D eigenvalue weighted by Gasteiger charge is 2.24. The van der Waals surface area contributed by atoms with E-state index in [9.17, 15) is 0 Å². The fourth-order valence-corrected chi connectivity index (χ4v) is 17.9. The molecule has 2 N–H and O–H groups in total. The van der Waals surface area contributed by atoms with Gasteiger partial charge in [-0.05, 0) is 171 Å². The molecule has 2 aliphatic rings. The summed E-state index contributed by atoms with van der Waals surface area (Å²) in [6, 6.07) is 35.3. The molecule has 0 atom stereocenters. The van der Waals surface area contributed by atoms with E-state index in [0.29, 0.717) is 52.9 Å². The molecule has 5 heterocycles. The molecule has 2 aliphatic heterocycles. The normalized spacial score (nSPS) is 11.8. The van der Waals surface area contributed by atoms with E-state index in [1.54, 1.807) is 0 Å². The van der Waals surface area contributed by atoms with Crippen molar-refractivity contribution >= 4 is 46.4 Å². The number of ether oxygens (including phenoxy) is 8. The first-order chi connectivity index (χ1) is 63.3. The maximum Gasteiger partial charge on any atom is 0.123 e. The van der Waals surface area contributed by atoms with Crippen molar-refractivity contribution in [1.29, 1.82) is 0 Å². The van der Waals surface area contributed by atoms with Gasteiger partial charge in [-0.1, -0.05) is 364 Å². The average molecular weight is 1750 g/mol. The Hall–Kier alpha value is -8.12. The van der Waals surface area contributed by atoms with E-state index in [4.69, 9.17) is 47.9 Å². The van der Waals surface area contributed by atoms with Crippen LogP contribution in [0.4, 0.5) is 0 Å². The van der Waals surface area contributed by atoms with Crippen molar-refractivity contribution in [2.24, 2.45) is 0 Å². The fraction of sp³-hybridized carbons (Fsp3) is 0.621. The molecule has 9 rings (SSSR count). The van der Waals surface area contributed by atoms with Gasteiger partial charge in [-0.15, -0.1) is 0 Å². The van der Waals surface area contributed by atoms with Crippen molar-refractivity contribution in [3.63, 3.8) is 0 Å². The smallest absolute Gasteiger partial charge is 0.123 e. The second kappa shape index (κ2) is 64.6. The average Bonchev–Trinajstić information content (AvgIpc) is 1.60. The van der Waals surface area contributed by atoms with Gasteiger partial charge in [0.25, 0.3) is 0 Å². The molecule has 8 bridgehead atoms. The van der Waals surface area contributed by atoms with E-state index in [-0.39, 0.29) is 0 Å². The van der Waals surface area contributed by atoms with E-state index in [0.717, 1.165) is 238 Å². The van der Waals surface area contributed by atoms with Gasteiger partial charge in [0.05, 0.1) is 75.6 Å². The van der Waals surface area contributed by atoms with Crippen molar-refractivity contribution in [1.82, 2.24) is 19.9 Å². The molecule has 0 amide bonds. The van der Waals surface area contributed by atoms with Gasteiger partial charge in [0, 0.05) is 68.6 Å². The molecular weight excluding hydrogens is 1580 g/mol. The molecule has 0 spiro atoms. The van der Waals surface area contributed by atoms with E-state index in [1.807, 2.05) is 0 Å². The molecule has 3 aromatic heterocycles. The lowest BCUT2D eigenvalue weighted by Gasteiger charge is -2.15. The maximum atomic E-state index is 6.95. The van der Waals surface area contributed by atoms with Gasteiger partial charge in [0.1, 0.15) is 46.0 Å². The highest BCUT2D eigenvalue weighted by Crippen LogP contribution is 2.44. The summed E-state index contributed by atoms with van der Waals surface area (Å²) in [5.41, 5.74) is 14.2. The van der Waals surface area contributed by atoms with Crippen LogP contribution in [-0.4, -0.2) is 72.8 Å². The number of nitrogens with one attached hydrogen (secondary N) is 2. The number of unbranched alkanes of at least 4 members (excludes halogenated alkanes) is 48. The Morgan fingerprint density at radius 2 is 0.305 bits per heavy atom. The predicted octanol–water partition coefficient (Wildman–Crippen LogP) is 36.4. The number of rotatable bonds is 76. The molecule has 12 nitrogen and oxygen atoms in total. The van der Waals surface area contributed by atoms with Crippen molar-refractivity contribution in [2.45, 2.75) is 415 Å². The Morgan fingerprint density at radius 1 is 0.172 bits per heavy atom. The molecule has 0 radical (unpaired) electrons. The van der Waals surface area contributed by atoms with Crippen molar-refractivity contribution in [2.75, 3.05) is 52.9 Å². The van der Waals surface area contributed by atoms with E-state index < -0.39 is 0 Å². The van der Waals surface area contributed by atoms with Crippen LogP contribution in [0, 0.1) is 0 Å². The zero-order valence-corrected chi connectivity index (χ0v) is 82.0. The number of aromatic amines is 2. The number of nitrogens with zero attached hydrogens (tertiary/aromatic N) is 2. The van der Waals surface area contributed by atoms with Crippen LogP contribution in [0.25, 0.3) is 90.9 Å². The molecular formula is C116H174N4O8. The lowest BCUT2D eigenvalue weighted by Crippen LogP contribution is -2.01. The van der Waals surface area contributed by atoms with Crippen LogP contribution < -0.4 is 37.9 Å². The SMILES string of the molecule is CCCCCCCCCOc1cc(OCCCCCCCCC)cc(-c2c3nc(c(-c4cc(OCCCCCCCCC)cc(OCCCCCCCCC)c4)c4ccc([nH]4)c(-c4cc(OCCCCCCCCC)cc(OCCCCCCCCC)c4)c4nc(c(-c5cc(OCCCCCCCCC)cc(OCCCCCCCCC)c5)c5ccc2[nH]5)C=C4)C=C3)c1. The van der Waals surface area contributed by atoms with E-state index in [2.05, 4.69) is 187 Å². The van der Waals surface area contributed by atoms with Gasteiger partial charge in [-0.25, -0.2) is 9.97 Å². The van der Waals surface area contributed by atoms with Crippen LogP contribution in [0.1, 0.15) is 438 Å². The first-order valence-corrected chi connectivity index (χ1v) is 53.1. The lowest BCUT2D eigenvalue weighted by atomic mass is 10.0. The minimum atomic E-state index is 0.615. The highest BCUT2D eigenvalue weighted by atomic mass is 16.5. The molecule has 0 unspecified atom stereocenters. The van der Waals surface area contributed by atoms with Crippen LogP contribution >= 0.6 is 0 Å². The predicted molar refractivity (Wildman–Crippen MR) is 549 cm³/mol. The Kier molecular flexibility index (Phi) is 52.3. The van der Waals surface area contributed by atoms with Crippen molar-refractivity contribution < 1.29 is 37.9 Å². The number of hydrogen-bond acceptors (Lipinski definition) is 10. The van der Waals surface area contributed by atoms with Gasteiger partial charge in [0.15, 0.2) is 0 Å². The van der Waals surface area contributed by atoms with Crippen LogP contribution in [0.2, 0.25) is 0 Å². The molecule has 0 saturated carbocycles. The minimum Gasteiger partial charge on any atom is -0.493 e. The topological polar surface area (TPSA) is 131 Å². The third-order valence-corrected chi connectivity index (χ3v) is 25.6. The number of fused-ring (bicyclic) bond motifs is 8. The maximum absolute atomic E-state index is 6.95. The second-order valence-corrected chi connectivity index (χ2v) is 37.0. The summed E-state index contributed by atoms with van der Waals surface area (Å²) in [5.74, 6) is 6.27. The molecule has 128 heavy (non-hydrogen) atoms. The third kappa shape index (κ3) is 38.7. The third-order valence-electron chi connectivity index (χ3n) is 25.6. The Labute approximate surface area is 777 Å². The summed E-state index contributed by atoms with van der Waals surface area (Å²) in [7, 11) is 0. The summed E-state index contributed by atoms with van der Waals surface area (Å²) < 4.78 is 55.6. The Morgan fingerprint density at radius 3 is 0.445 bits per heavy atom. The second-order valence-electron chi connectivity index (χ2n) is 37.0. The molecule has 7 aromatic rings.